The average Bonchev–Trinajstić information content (AvgIpc) is 2.60. The number of rotatable bonds is 3. The molecule has 1 amide bonds. The predicted molar refractivity (Wildman–Crippen MR) is 81.1 cm³/mol. The normalized spacial score (nSPS) is 13.0. The van der Waals surface area contributed by atoms with Gasteiger partial charge < -0.3 is 10.2 Å². The van der Waals surface area contributed by atoms with Crippen molar-refractivity contribution < 1.29 is 9.59 Å². The van der Waals surface area contributed by atoms with Crippen molar-refractivity contribution in [2.75, 3.05) is 16.8 Å². The number of nitrogens with zero attached hydrogens (tertiary/aromatic N) is 2. The van der Waals surface area contributed by atoms with E-state index in [1.807, 2.05) is 17.0 Å². The number of anilines is 3. The highest BCUT2D eigenvalue weighted by atomic mass is 35.5. The third-order valence-corrected chi connectivity index (χ3v) is 3.45. The first kappa shape index (κ1) is 13.6. The minimum atomic E-state index is -0.423. The second-order valence-electron chi connectivity index (χ2n) is 4.60. The van der Waals surface area contributed by atoms with Crippen molar-refractivity contribution in [1.82, 2.24) is 4.98 Å². The summed E-state index contributed by atoms with van der Waals surface area (Å²) in [6.07, 6.45) is 1.81. The molecule has 1 aromatic heterocycles. The lowest BCUT2D eigenvalue weighted by Gasteiger charge is -2.23. The molecule has 1 aliphatic heterocycles. The molecule has 0 unspecified atom stereocenters. The van der Waals surface area contributed by atoms with Crippen LogP contribution in [0.15, 0.2) is 42.6 Å². The van der Waals surface area contributed by atoms with Gasteiger partial charge in [0.25, 0.3) is 5.91 Å². The van der Waals surface area contributed by atoms with Gasteiger partial charge in [0.2, 0.25) is 5.24 Å². The molecule has 0 fully saturated rings. The Morgan fingerprint density at radius 2 is 2.05 bits per heavy atom. The fourth-order valence-electron chi connectivity index (χ4n) is 2.34. The lowest BCUT2D eigenvalue weighted by atomic mass is 10.1. The van der Waals surface area contributed by atoms with E-state index in [2.05, 4.69) is 10.3 Å². The number of nitrogens with one attached hydrogen (secondary N) is 1. The van der Waals surface area contributed by atoms with Crippen molar-refractivity contribution in [2.24, 2.45) is 0 Å². The highest BCUT2D eigenvalue weighted by Crippen LogP contribution is 2.35. The quantitative estimate of drug-likeness (QED) is 0.885. The number of amides is 1. The minimum absolute atomic E-state index is 0.167. The van der Waals surface area contributed by atoms with Crippen LogP contribution in [0.5, 0.6) is 0 Å². The molecule has 1 aromatic carbocycles. The molecule has 2 aromatic rings. The van der Waals surface area contributed by atoms with Crippen LogP contribution in [-0.2, 0) is 4.79 Å². The molecule has 1 aliphatic rings. The first-order valence-electron chi connectivity index (χ1n) is 6.48. The maximum Gasteiger partial charge on any atom is 0.257 e. The van der Waals surface area contributed by atoms with Gasteiger partial charge in [0, 0.05) is 19.2 Å². The fourth-order valence-corrected chi connectivity index (χ4v) is 2.42. The molecule has 5 nitrogen and oxygen atoms in total. The lowest BCUT2D eigenvalue weighted by molar-refractivity contribution is -0.111. The molecular formula is C15H12ClN3O2. The molecule has 0 saturated heterocycles. The Bertz CT molecular complexity index is 718. The summed E-state index contributed by atoms with van der Waals surface area (Å²) < 4.78 is 0. The standard InChI is InChI=1S/C15H12ClN3O2/c16-13(20)7-9-19-12-6-2-1-4-10(12)15(21)18-11-5-3-8-17-14(11)19/h1-6,8H,7,9H2,(H,18,21). The maximum absolute atomic E-state index is 12.3. The molecule has 0 radical (unpaired) electrons. The second-order valence-corrected chi connectivity index (χ2v) is 5.02. The number of pyridine rings is 1. The maximum atomic E-state index is 12.3. The van der Waals surface area contributed by atoms with E-state index in [9.17, 15) is 9.59 Å². The molecule has 2 heterocycles. The predicted octanol–water partition coefficient (Wildman–Crippen LogP) is 2.94. The fraction of sp³-hybridized carbons (Fsp3) is 0.133. The summed E-state index contributed by atoms with van der Waals surface area (Å²) in [4.78, 5) is 29.6. The Balaban J connectivity index is 2.13. The molecule has 106 valence electrons. The van der Waals surface area contributed by atoms with Crippen molar-refractivity contribution >= 4 is 39.9 Å². The molecular weight excluding hydrogens is 290 g/mol. The summed E-state index contributed by atoms with van der Waals surface area (Å²) in [5.74, 6) is 0.410. The summed E-state index contributed by atoms with van der Waals surface area (Å²) >= 11 is 5.45. The number of aromatic nitrogens is 1. The Morgan fingerprint density at radius 1 is 1.24 bits per heavy atom. The van der Waals surface area contributed by atoms with Gasteiger partial charge in [-0.05, 0) is 35.9 Å². The minimum Gasteiger partial charge on any atom is -0.323 e. The summed E-state index contributed by atoms with van der Waals surface area (Å²) in [6.45, 7) is 0.359. The van der Waals surface area contributed by atoms with Gasteiger partial charge in [0.1, 0.15) is 0 Å². The Labute approximate surface area is 126 Å². The number of fused-ring (bicyclic) bond motifs is 2. The molecule has 0 spiro atoms. The van der Waals surface area contributed by atoms with Gasteiger partial charge in [-0.25, -0.2) is 4.98 Å². The number of carbonyl (C=O) groups is 2. The summed E-state index contributed by atoms with van der Waals surface area (Å²) in [6, 6.07) is 10.7. The highest BCUT2D eigenvalue weighted by molar-refractivity contribution is 6.63. The van der Waals surface area contributed by atoms with Crippen molar-refractivity contribution in [2.45, 2.75) is 6.42 Å². The molecule has 1 N–H and O–H groups in total. The molecule has 0 saturated carbocycles. The van der Waals surface area contributed by atoms with Crippen molar-refractivity contribution in [3.8, 4) is 0 Å². The van der Waals surface area contributed by atoms with Gasteiger partial charge in [-0.3, -0.25) is 9.59 Å². The van der Waals surface area contributed by atoms with Crippen molar-refractivity contribution in [1.29, 1.82) is 0 Å². The number of para-hydroxylation sites is 1. The van der Waals surface area contributed by atoms with Crippen LogP contribution in [0, 0.1) is 0 Å². The molecule has 0 aliphatic carbocycles. The smallest absolute Gasteiger partial charge is 0.257 e. The molecule has 3 rings (SSSR count). The topological polar surface area (TPSA) is 62.3 Å². The van der Waals surface area contributed by atoms with E-state index in [0.29, 0.717) is 29.3 Å². The van der Waals surface area contributed by atoms with Crippen LogP contribution in [0.3, 0.4) is 0 Å². The first-order valence-corrected chi connectivity index (χ1v) is 6.86. The zero-order valence-electron chi connectivity index (χ0n) is 11.0. The summed E-state index contributed by atoms with van der Waals surface area (Å²) in [7, 11) is 0. The van der Waals surface area contributed by atoms with Crippen LogP contribution in [0.2, 0.25) is 0 Å². The van der Waals surface area contributed by atoms with Gasteiger partial charge in [-0.15, -0.1) is 0 Å². The zero-order chi connectivity index (χ0) is 14.8. The molecule has 0 bridgehead atoms. The van der Waals surface area contributed by atoms with Crippen LogP contribution in [-0.4, -0.2) is 22.7 Å². The van der Waals surface area contributed by atoms with E-state index in [-0.39, 0.29) is 12.3 Å². The number of hydrogen-bond acceptors (Lipinski definition) is 4. The monoisotopic (exact) mass is 301 g/mol. The third kappa shape index (κ3) is 2.60. The molecule has 0 atom stereocenters. The average molecular weight is 302 g/mol. The number of hydrogen-bond donors (Lipinski definition) is 1. The Hall–Kier alpha value is -2.40. The second kappa shape index (κ2) is 5.54. The highest BCUT2D eigenvalue weighted by Gasteiger charge is 2.25. The van der Waals surface area contributed by atoms with E-state index in [1.165, 1.54) is 0 Å². The molecule has 21 heavy (non-hydrogen) atoms. The van der Waals surface area contributed by atoms with E-state index in [1.54, 1.807) is 30.5 Å². The van der Waals surface area contributed by atoms with Gasteiger partial charge in [-0.2, -0.15) is 0 Å². The van der Waals surface area contributed by atoms with Crippen molar-refractivity contribution in [3.63, 3.8) is 0 Å². The van der Waals surface area contributed by atoms with E-state index >= 15 is 0 Å². The van der Waals surface area contributed by atoms with Crippen LogP contribution >= 0.6 is 11.6 Å². The number of halogens is 1. The van der Waals surface area contributed by atoms with E-state index < -0.39 is 5.24 Å². The van der Waals surface area contributed by atoms with Gasteiger partial charge >= 0.3 is 0 Å². The number of carbonyl (C=O) groups excluding carboxylic acids is 2. The zero-order valence-corrected chi connectivity index (χ0v) is 11.8. The van der Waals surface area contributed by atoms with Gasteiger partial charge in [-0.1, -0.05) is 12.1 Å². The van der Waals surface area contributed by atoms with E-state index in [4.69, 9.17) is 11.6 Å². The SMILES string of the molecule is O=C(Cl)CCN1c2ccccc2C(=O)Nc2cccnc21. The summed E-state index contributed by atoms with van der Waals surface area (Å²) in [5, 5.41) is 2.41. The van der Waals surface area contributed by atoms with E-state index in [0.717, 1.165) is 0 Å². The Kier molecular flexibility index (Phi) is 3.58. The molecule has 6 heteroatoms. The third-order valence-electron chi connectivity index (χ3n) is 3.26. The largest absolute Gasteiger partial charge is 0.323 e. The number of benzene rings is 1. The Morgan fingerprint density at radius 3 is 2.86 bits per heavy atom. The lowest BCUT2D eigenvalue weighted by Crippen LogP contribution is -2.21. The van der Waals surface area contributed by atoms with Gasteiger partial charge in [0.05, 0.1) is 16.9 Å². The van der Waals surface area contributed by atoms with Crippen molar-refractivity contribution in [3.05, 3.63) is 48.2 Å². The van der Waals surface area contributed by atoms with Crippen LogP contribution in [0.1, 0.15) is 16.8 Å². The van der Waals surface area contributed by atoms with Crippen LogP contribution < -0.4 is 10.2 Å². The first-order chi connectivity index (χ1) is 10.2. The van der Waals surface area contributed by atoms with Crippen LogP contribution in [0.25, 0.3) is 0 Å². The summed E-state index contributed by atoms with van der Waals surface area (Å²) in [5.41, 5.74) is 1.86. The van der Waals surface area contributed by atoms with Crippen LogP contribution in [0.4, 0.5) is 17.2 Å². The van der Waals surface area contributed by atoms with Gasteiger partial charge in [0.15, 0.2) is 5.82 Å².